The van der Waals surface area contributed by atoms with E-state index >= 15 is 0 Å². The van der Waals surface area contributed by atoms with Crippen molar-refractivity contribution in [1.29, 1.82) is 0 Å². The molecule has 7 heteroatoms. The summed E-state index contributed by atoms with van der Waals surface area (Å²) in [6, 6.07) is 9.09. The lowest BCUT2D eigenvalue weighted by atomic mass is 10.1. The fraction of sp³-hybridized carbons (Fsp3) is 0.611. The smallest absolute Gasteiger partial charge is 0.220 e. The van der Waals surface area contributed by atoms with Gasteiger partial charge in [0.05, 0.1) is 11.4 Å². The van der Waals surface area contributed by atoms with Gasteiger partial charge in [0.25, 0.3) is 5.16 Å². The van der Waals surface area contributed by atoms with E-state index in [0.29, 0.717) is 12.1 Å². The molecule has 25 heavy (non-hydrogen) atoms. The Kier molecular flexibility index (Phi) is 8.04. The highest BCUT2D eigenvalue weighted by atomic mass is 32.2. The summed E-state index contributed by atoms with van der Waals surface area (Å²) in [6.07, 6.45) is 10.3. The topological polar surface area (TPSA) is 77.7 Å². The quantitative estimate of drug-likeness (QED) is 0.533. The predicted molar refractivity (Wildman–Crippen MR) is 98.4 cm³/mol. The van der Waals surface area contributed by atoms with E-state index in [1.165, 1.54) is 43.2 Å². The molecule has 2 rings (SSSR count). The molecule has 0 saturated heterocycles. The molecule has 0 bridgehead atoms. The van der Waals surface area contributed by atoms with E-state index in [9.17, 15) is 8.42 Å². The normalized spacial score (nSPS) is 11.7. The Bertz CT molecular complexity index is 714. The maximum absolute atomic E-state index is 12.5. The van der Waals surface area contributed by atoms with Crippen molar-refractivity contribution < 1.29 is 8.42 Å². The third-order valence-corrected chi connectivity index (χ3v) is 5.87. The first-order chi connectivity index (χ1) is 12.1. The summed E-state index contributed by atoms with van der Waals surface area (Å²) in [5.74, 6) is 0.0933. The fourth-order valence-electron chi connectivity index (χ4n) is 2.80. The van der Waals surface area contributed by atoms with Crippen LogP contribution in [0.25, 0.3) is 5.69 Å². The summed E-state index contributed by atoms with van der Waals surface area (Å²) in [4.78, 5) is 0. The van der Waals surface area contributed by atoms with Crippen LogP contribution in [0.4, 0.5) is 0 Å². The third kappa shape index (κ3) is 6.23. The average molecular weight is 365 g/mol. The Morgan fingerprint density at radius 2 is 1.48 bits per heavy atom. The molecule has 0 N–H and O–H groups in total. The van der Waals surface area contributed by atoms with E-state index in [0.717, 1.165) is 12.8 Å². The van der Waals surface area contributed by atoms with E-state index in [1.807, 2.05) is 18.2 Å². The van der Waals surface area contributed by atoms with Crippen molar-refractivity contribution >= 4 is 9.84 Å². The minimum atomic E-state index is -3.47. The third-order valence-electron chi connectivity index (χ3n) is 4.24. The average Bonchev–Trinajstić information content (AvgIpc) is 3.12. The second kappa shape index (κ2) is 10.3. The highest BCUT2D eigenvalue weighted by Gasteiger charge is 2.23. The number of sulfone groups is 1. The number of para-hydroxylation sites is 1. The largest absolute Gasteiger partial charge is 0.272 e. The van der Waals surface area contributed by atoms with Crippen molar-refractivity contribution in [2.45, 2.75) is 69.9 Å². The van der Waals surface area contributed by atoms with E-state index in [-0.39, 0.29) is 10.9 Å². The number of tetrazole rings is 1. The molecular formula is C18H28N4O2S. The Balaban J connectivity index is 1.78. The van der Waals surface area contributed by atoms with Crippen molar-refractivity contribution in [3.05, 3.63) is 30.3 Å². The molecule has 1 heterocycles. The molecule has 0 unspecified atom stereocenters. The van der Waals surface area contributed by atoms with Gasteiger partial charge in [-0.3, -0.25) is 0 Å². The van der Waals surface area contributed by atoms with E-state index in [4.69, 9.17) is 0 Å². The van der Waals surface area contributed by atoms with Crippen LogP contribution in [0.15, 0.2) is 35.5 Å². The molecule has 0 spiro atoms. The van der Waals surface area contributed by atoms with Crippen LogP contribution in [0, 0.1) is 0 Å². The van der Waals surface area contributed by atoms with E-state index in [2.05, 4.69) is 22.4 Å². The Labute approximate surface area is 150 Å². The second-order valence-electron chi connectivity index (χ2n) is 6.36. The first-order valence-electron chi connectivity index (χ1n) is 9.21. The first kappa shape index (κ1) is 19.6. The van der Waals surface area contributed by atoms with Crippen molar-refractivity contribution in [1.82, 2.24) is 20.2 Å². The van der Waals surface area contributed by atoms with Crippen LogP contribution in [0.5, 0.6) is 0 Å². The number of hydrogen-bond donors (Lipinski definition) is 0. The van der Waals surface area contributed by atoms with Crippen LogP contribution in [0.1, 0.15) is 64.7 Å². The summed E-state index contributed by atoms with van der Waals surface area (Å²) in [5, 5.41) is 11.0. The lowest BCUT2D eigenvalue weighted by Gasteiger charge is -2.06. The molecule has 0 amide bonds. The zero-order valence-electron chi connectivity index (χ0n) is 15.0. The van der Waals surface area contributed by atoms with Gasteiger partial charge in [-0.2, -0.15) is 4.68 Å². The minimum absolute atomic E-state index is 0.0711. The van der Waals surface area contributed by atoms with Crippen LogP contribution < -0.4 is 0 Å². The summed E-state index contributed by atoms with van der Waals surface area (Å²) in [6.45, 7) is 2.22. The fourth-order valence-corrected chi connectivity index (χ4v) is 4.13. The van der Waals surface area contributed by atoms with Gasteiger partial charge >= 0.3 is 0 Å². The van der Waals surface area contributed by atoms with Crippen LogP contribution in [-0.2, 0) is 9.84 Å². The molecule has 0 aliphatic heterocycles. The van der Waals surface area contributed by atoms with Crippen molar-refractivity contribution in [2.75, 3.05) is 5.75 Å². The first-order valence-corrected chi connectivity index (χ1v) is 10.9. The van der Waals surface area contributed by atoms with Crippen LogP contribution in [-0.4, -0.2) is 34.4 Å². The van der Waals surface area contributed by atoms with Gasteiger partial charge in [-0.1, -0.05) is 81.6 Å². The molecular weight excluding hydrogens is 336 g/mol. The lowest BCUT2D eigenvalue weighted by molar-refractivity contribution is 0.560. The van der Waals surface area contributed by atoms with Gasteiger partial charge in [0.15, 0.2) is 0 Å². The zero-order valence-corrected chi connectivity index (χ0v) is 15.8. The molecule has 1 aromatic heterocycles. The monoisotopic (exact) mass is 364 g/mol. The molecule has 0 saturated carbocycles. The summed E-state index contributed by atoms with van der Waals surface area (Å²) in [7, 11) is -3.47. The molecule has 6 nitrogen and oxygen atoms in total. The molecule has 2 aromatic rings. The van der Waals surface area contributed by atoms with Crippen LogP contribution >= 0.6 is 0 Å². The zero-order chi connectivity index (χ0) is 18.0. The SMILES string of the molecule is CCCCCCCCCCCS(=O)(=O)c1nnnn1-c1ccccc1. The van der Waals surface area contributed by atoms with Gasteiger partial charge in [-0.05, 0) is 29.0 Å². The standard InChI is InChI=1S/C18H28N4O2S/c1-2-3-4-5-6-7-8-9-13-16-25(23,24)18-19-20-21-22(18)17-14-11-10-12-15-17/h10-12,14-15H,2-9,13,16H2,1H3. The van der Waals surface area contributed by atoms with Gasteiger partial charge in [-0.15, -0.1) is 0 Å². The van der Waals surface area contributed by atoms with Crippen molar-refractivity contribution in [3.63, 3.8) is 0 Å². The number of aromatic nitrogens is 4. The highest BCUT2D eigenvalue weighted by Crippen LogP contribution is 2.15. The van der Waals surface area contributed by atoms with E-state index < -0.39 is 9.84 Å². The second-order valence-corrected chi connectivity index (χ2v) is 8.36. The Morgan fingerprint density at radius 3 is 2.12 bits per heavy atom. The molecule has 0 aliphatic carbocycles. The Morgan fingerprint density at radius 1 is 0.880 bits per heavy atom. The van der Waals surface area contributed by atoms with Gasteiger partial charge in [-0.25, -0.2) is 8.42 Å². The van der Waals surface area contributed by atoms with Gasteiger partial charge < -0.3 is 0 Å². The highest BCUT2D eigenvalue weighted by molar-refractivity contribution is 7.91. The summed E-state index contributed by atoms with van der Waals surface area (Å²) >= 11 is 0. The predicted octanol–water partition coefficient (Wildman–Crippen LogP) is 3.97. The van der Waals surface area contributed by atoms with Crippen LogP contribution in [0.2, 0.25) is 0 Å². The van der Waals surface area contributed by atoms with E-state index in [1.54, 1.807) is 12.1 Å². The molecule has 0 radical (unpaired) electrons. The molecule has 0 atom stereocenters. The number of benzene rings is 1. The number of hydrogen-bond acceptors (Lipinski definition) is 5. The number of rotatable bonds is 12. The van der Waals surface area contributed by atoms with Crippen molar-refractivity contribution in [2.24, 2.45) is 0 Å². The molecule has 0 aliphatic rings. The molecule has 1 aromatic carbocycles. The maximum atomic E-state index is 12.5. The van der Waals surface area contributed by atoms with Gasteiger partial charge in [0.2, 0.25) is 9.84 Å². The van der Waals surface area contributed by atoms with Gasteiger partial charge in [0, 0.05) is 0 Å². The lowest BCUT2D eigenvalue weighted by Crippen LogP contribution is -2.14. The number of nitrogens with zero attached hydrogens (tertiary/aromatic N) is 4. The minimum Gasteiger partial charge on any atom is -0.220 e. The molecule has 138 valence electrons. The summed E-state index contributed by atoms with van der Waals surface area (Å²) < 4.78 is 26.4. The molecule has 0 fully saturated rings. The summed E-state index contributed by atoms with van der Waals surface area (Å²) in [5.41, 5.74) is 0.651. The maximum Gasteiger partial charge on any atom is 0.272 e. The van der Waals surface area contributed by atoms with Crippen molar-refractivity contribution in [3.8, 4) is 5.69 Å². The van der Waals surface area contributed by atoms with Crippen LogP contribution in [0.3, 0.4) is 0 Å². The Hall–Kier alpha value is -1.76. The number of unbranched alkanes of at least 4 members (excludes halogenated alkanes) is 8. The van der Waals surface area contributed by atoms with Gasteiger partial charge in [0.1, 0.15) is 0 Å².